The minimum Gasteiger partial charge on any atom is -0.393 e. The molecule has 3 unspecified atom stereocenters. The number of aliphatic hydroxyl groups excluding tert-OH is 1. The highest BCUT2D eigenvalue weighted by Gasteiger charge is 2.61. The SMILES string of the molecule is Cc1ccc(S(=O)(=O)OCC2(CO)OCC3OC4(CCCCC4)OC32)cc1. The molecular weight excluding hydrogens is 372 g/mol. The molecule has 0 aromatic heterocycles. The van der Waals surface area contributed by atoms with Gasteiger partial charge in [-0.25, -0.2) is 0 Å². The third-order valence-electron chi connectivity index (χ3n) is 5.75. The highest BCUT2D eigenvalue weighted by atomic mass is 32.2. The Kier molecular flexibility index (Phi) is 5.07. The molecule has 150 valence electrons. The minimum atomic E-state index is -3.96. The molecule has 2 aliphatic heterocycles. The first-order chi connectivity index (χ1) is 12.9. The van der Waals surface area contributed by atoms with Crippen molar-refractivity contribution in [2.24, 2.45) is 0 Å². The number of ether oxygens (including phenoxy) is 3. The second-order valence-electron chi connectivity index (χ2n) is 7.73. The number of aryl methyl sites for hydroxylation is 1. The summed E-state index contributed by atoms with van der Waals surface area (Å²) in [7, 11) is -3.96. The van der Waals surface area contributed by atoms with Crippen LogP contribution in [0.15, 0.2) is 29.2 Å². The van der Waals surface area contributed by atoms with Crippen LogP contribution >= 0.6 is 0 Å². The fourth-order valence-corrected chi connectivity index (χ4v) is 5.11. The van der Waals surface area contributed by atoms with Gasteiger partial charge in [0.05, 0.1) is 18.1 Å². The van der Waals surface area contributed by atoms with E-state index in [1.165, 1.54) is 12.1 Å². The van der Waals surface area contributed by atoms with Crippen LogP contribution in [-0.4, -0.2) is 56.9 Å². The van der Waals surface area contributed by atoms with Crippen molar-refractivity contribution < 1.29 is 31.9 Å². The summed E-state index contributed by atoms with van der Waals surface area (Å²) in [5.74, 6) is -0.631. The summed E-state index contributed by atoms with van der Waals surface area (Å²) < 4.78 is 48.4. The molecule has 1 aromatic rings. The number of benzene rings is 1. The van der Waals surface area contributed by atoms with Crippen LogP contribution in [0, 0.1) is 6.92 Å². The lowest BCUT2D eigenvalue weighted by molar-refractivity contribution is -0.236. The second-order valence-corrected chi connectivity index (χ2v) is 9.34. The van der Waals surface area contributed by atoms with Gasteiger partial charge in [0.15, 0.2) is 5.79 Å². The topological polar surface area (TPSA) is 91.3 Å². The number of fused-ring (bicyclic) bond motifs is 1. The van der Waals surface area contributed by atoms with Crippen LogP contribution in [0.2, 0.25) is 0 Å². The lowest BCUT2D eigenvalue weighted by atomic mass is 9.94. The van der Waals surface area contributed by atoms with E-state index in [0.717, 1.165) is 37.7 Å². The summed E-state index contributed by atoms with van der Waals surface area (Å²) in [6, 6.07) is 6.42. The van der Waals surface area contributed by atoms with Crippen molar-refractivity contribution in [1.82, 2.24) is 0 Å². The van der Waals surface area contributed by atoms with Crippen molar-refractivity contribution in [2.45, 2.75) is 67.5 Å². The zero-order valence-electron chi connectivity index (χ0n) is 15.4. The average molecular weight is 398 g/mol. The molecule has 7 nitrogen and oxygen atoms in total. The van der Waals surface area contributed by atoms with Gasteiger partial charge < -0.3 is 19.3 Å². The Morgan fingerprint density at radius 3 is 2.52 bits per heavy atom. The van der Waals surface area contributed by atoms with E-state index in [2.05, 4.69) is 0 Å². The van der Waals surface area contributed by atoms with Gasteiger partial charge in [0.2, 0.25) is 0 Å². The first-order valence-corrected chi connectivity index (χ1v) is 10.9. The average Bonchev–Trinajstić information content (AvgIpc) is 3.17. The first kappa shape index (κ1) is 19.3. The van der Waals surface area contributed by atoms with Crippen LogP contribution in [0.4, 0.5) is 0 Å². The van der Waals surface area contributed by atoms with Gasteiger partial charge in [0, 0.05) is 12.8 Å². The fourth-order valence-electron chi connectivity index (χ4n) is 4.15. The van der Waals surface area contributed by atoms with Crippen molar-refractivity contribution in [2.75, 3.05) is 19.8 Å². The molecule has 2 heterocycles. The second kappa shape index (κ2) is 7.09. The van der Waals surface area contributed by atoms with Crippen molar-refractivity contribution in [3.63, 3.8) is 0 Å². The predicted octanol–water partition coefficient (Wildman–Crippen LogP) is 1.91. The maximum Gasteiger partial charge on any atom is 0.297 e. The van der Waals surface area contributed by atoms with Crippen molar-refractivity contribution in [3.05, 3.63) is 29.8 Å². The Labute approximate surface area is 159 Å². The van der Waals surface area contributed by atoms with Crippen LogP contribution in [0.3, 0.4) is 0 Å². The number of hydrogen-bond acceptors (Lipinski definition) is 7. The van der Waals surface area contributed by atoms with Crippen LogP contribution in [0.1, 0.15) is 37.7 Å². The molecule has 4 rings (SSSR count). The van der Waals surface area contributed by atoms with Crippen LogP contribution < -0.4 is 0 Å². The zero-order valence-corrected chi connectivity index (χ0v) is 16.2. The standard InChI is InChI=1S/C19H26O7S/c1-14-5-7-15(8-6-14)27(21,22)24-13-18(12-20)17-16(11-23-18)25-19(26-17)9-3-2-4-10-19/h5-8,16-17,20H,2-4,9-13H2,1H3. The summed E-state index contributed by atoms with van der Waals surface area (Å²) in [5.41, 5.74) is -0.291. The van der Waals surface area contributed by atoms with Crippen molar-refractivity contribution in [3.8, 4) is 0 Å². The molecule has 1 N–H and O–H groups in total. The van der Waals surface area contributed by atoms with E-state index in [1.54, 1.807) is 12.1 Å². The number of rotatable bonds is 5. The van der Waals surface area contributed by atoms with E-state index in [0.29, 0.717) is 0 Å². The molecule has 3 fully saturated rings. The molecule has 27 heavy (non-hydrogen) atoms. The monoisotopic (exact) mass is 398 g/mol. The highest BCUT2D eigenvalue weighted by Crippen LogP contribution is 2.47. The summed E-state index contributed by atoms with van der Waals surface area (Å²) in [6.07, 6.45) is 3.97. The summed E-state index contributed by atoms with van der Waals surface area (Å²) >= 11 is 0. The fraction of sp³-hybridized carbons (Fsp3) is 0.684. The molecule has 3 aliphatic rings. The molecular formula is C19H26O7S. The van der Waals surface area contributed by atoms with Gasteiger partial charge in [-0.15, -0.1) is 0 Å². The molecule has 2 saturated heterocycles. The van der Waals surface area contributed by atoms with E-state index in [-0.39, 0.29) is 24.2 Å². The van der Waals surface area contributed by atoms with Crippen LogP contribution in [-0.2, 0) is 28.5 Å². The summed E-state index contributed by atoms with van der Waals surface area (Å²) in [4.78, 5) is 0.0723. The smallest absolute Gasteiger partial charge is 0.297 e. The van der Waals surface area contributed by atoms with E-state index < -0.39 is 34.2 Å². The third-order valence-corrected chi connectivity index (χ3v) is 7.03. The number of aliphatic hydroxyl groups is 1. The lowest BCUT2D eigenvalue weighted by Crippen LogP contribution is -2.51. The van der Waals surface area contributed by atoms with Gasteiger partial charge in [0.25, 0.3) is 10.1 Å². The summed E-state index contributed by atoms with van der Waals surface area (Å²) in [5, 5.41) is 10.0. The highest BCUT2D eigenvalue weighted by molar-refractivity contribution is 7.86. The molecule has 0 bridgehead atoms. The Morgan fingerprint density at radius 1 is 1.15 bits per heavy atom. The van der Waals surface area contributed by atoms with Crippen LogP contribution in [0.25, 0.3) is 0 Å². The van der Waals surface area contributed by atoms with Gasteiger partial charge in [-0.2, -0.15) is 8.42 Å². The van der Waals surface area contributed by atoms with Gasteiger partial charge in [0.1, 0.15) is 24.4 Å². The molecule has 0 radical (unpaired) electrons. The first-order valence-electron chi connectivity index (χ1n) is 9.45. The molecule has 0 amide bonds. The predicted molar refractivity (Wildman–Crippen MR) is 95.6 cm³/mol. The molecule has 1 saturated carbocycles. The van der Waals surface area contributed by atoms with Gasteiger partial charge in [-0.3, -0.25) is 4.18 Å². The van der Waals surface area contributed by atoms with E-state index in [1.807, 2.05) is 6.92 Å². The van der Waals surface area contributed by atoms with Crippen molar-refractivity contribution in [1.29, 1.82) is 0 Å². The lowest BCUT2D eigenvalue weighted by Gasteiger charge is -2.36. The molecule has 1 aromatic carbocycles. The Balaban J connectivity index is 1.49. The Bertz CT molecular complexity index is 770. The molecule has 8 heteroatoms. The maximum atomic E-state index is 12.5. The summed E-state index contributed by atoms with van der Waals surface area (Å²) in [6.45, 7) is 1.40. The Morgan fingerprint density at radius 2 is 1.85 bits per heavy atom. The normalized spacial score (nSPS) is 32.7. The maximum absolute atomic E-state index is 12.5. The van der Waals surface area contributed by atoms with Crippen molar-refractivity contribution >= 4 is 10.1 Å². The van der Waals surface area contributed by atoms with E-state index in [9.17, 15) is 13.5 Å². The largest absolute Gasteiger partial charge is 0.393 e. The Hall–Kier alpha value is -1.03. The quantitative estimate of drug-likeness (QED) is 0.758. The molecule has 1 aliphatic carbocycles. The van der Waals surface area contributed by atoms with E-state index in [4.69, 9.17) is 18.4 Å². The van der Waals surface area contributed by atoms with Crippen LogP contribution in [0.5, 0.6) is 0 Å². The van der Waals surface area contributed by atoms with Gasteiger partial charge in [-0.05, 0) is 31.9 Å². The molecule has 1 spiro atoms. The minimum absolute atomic E-state index is 0.0723. The number of hydrogen-bond donors (Lipinski definition) is 1. The zero-order chi connectivity index (χ0) is 19.1. The molecule has 3 atom stereocenters. The van der Waals surface area contributed by atoms with Gasteiger partial charge in [-0.1, -0.05) is 24.1 Å². The third kappa shape index (κ3) is 3.54. The van der Waals surface area contributed by atoms with E-state index >= 15 is 0 Å². The van der Waals surface area contributed by atoms with Gasteiger partial charge >= 0.3 is 0 Å².